The van der Waals surface area contributed by atoms with Crippen LogP contribution in [0.1, 0.15) is 27.7 Å². The third-order valence-electron chi connectivity index (χ3n) is 4.03. The van der Waals surface area contributed by atoms with Gasteiger partial charge in [0, 0.05) is 39.8 Å². The van der Waals surface area contributed by atoms with Crippen LogP contribution < -0.4 is 10.6 Å². The molecule has 0 aromatic heterocycles. The highest BCUT2D eigenvalue weighted by Gasteiger charge is 2.36. The molecule has 1 unspecified atom stereocenters. The second kappa shape index (κ2) is 7.04. The van der Waals surface area contributed by atoms with Gasteiger partial charge in [-0.05, 0) is 27.7 Å². The van der Waals surface area contributed by atoms with Crippen LogP contribution in [0, 0.1) is 0 Å². The first-order valence-corrected chi connectivity index (χ1v) is 7.32. The fourth-order valence-electron chi connectivity index (χ4n) is 2.29. The number of nitrogens with one attached hydrogen (secondary N) is 2. The summed E-state index contributed by atoms with van der Waals surface area (Å²) < 4.78 is 0. The molecule has 6 heteroatoms. The van der Waals surface area contributed by atoms with Gasteiger partial charge in [0.1, 0.15) is 6.04 Å². The van der Waals surface area contributed by atoms with Gasteiger partial charge in [-0.1, -0.05) is 0 Å². The number of rotatable bonds is 5. The Morgan fingerprint density at radius 2 is 1.90 bits per heavy atom. The summed E-state index contributed by atoms with van der Waals surface area (Å²) in [7, 11) is 1.74. The lowest BCUT2D eigenvalue weighted by molar-refractivity contribution is -0.139. The Morgan fingerprint density at radius 3 is 2.40 bits per heavy atom. The van der Waals surface area contributed by atoms with E-state index < -0.39 is 11.6 Å². The van der Waals surface area contributed by atoms with Crippen LogP contribution >= 0.6 is 0 Å². The van der Waals surface area contributed by atoms with E-state index in [0.29, 0.717) is 6.54 Å². The van der Waals surface area contributed by atoms with Crippen LogP contribution in [0.2, 0.25) is 0 Å². The molecule has 0 aromatic carbocycles. The predicted molar refractivity (Wildman–Crippen MR) is 79.4 cm³/mol. The van der Waals surface area contributed by atoms with E-state index in [1.54, 1.807) is 18.9 Å². The Balaban J connectivity index is 2.62. The van der Waals surface area contributed by atoms with Crippen molar-refractivity contribution in [2.45, 2.75) is 39.3 Å². The summed E-state index contributed by atoms with van der Waals surface area (Å²) in [5.74, 6) is -0.151. The molecule has 0 spiro atoms. The zero-order valence-corrected chi connectivity index (χ0v) is 13.3. The van der Waals surface area contributed by atoms with Crippen LogP contribution in [0.25, 0.3) is 0 Å². The maximum atomic E-state index is 12.4. The third kappa shape index (κ3) is 3.93. The molecule has 0 aliphatic carbocycles. The van der Waals surface area contributed by atoms with Crippen molar-refractivity contribution >= 4 is 11.8 Å². The van der Waals surface area contributed by atoms with E-state index in [4.69, 9.17) is 0 Å². The monoisotopic (exact) mass is 284 g/mol. The van der Waals surface area contributed by atoms with Gasteiger partial charge in [0.05, 0.1) is 5.54 Å². The number of carbonyl (C=O) groups is 2. The molecular weight excluding hydrogens is 256 g/mol. The topological polar surface area (TPSA) is 64.7 Å². The Labute approximate surface area is 121 Å². The zero-order valence-electron chi connectivity index (χ0n) is 13.3. The summed E-state index contributed by atoms with van der Waals surface area (Å²) in [6, 6.07) is -0.491. The van der Waals surface area contributed by atoms with Crippen molar-refractivity contribution in [1.82, 2.24) is 20.4 Å². The Hall–Kier alpha value is -1.14. The highest BCUT2D eigenvalue weighted by molar-refractivity contribution is 5.91. The first-order chi connectivity index (χ1) is 9.30. The van der Waals surface area contributed by atoms with Gasteiger partial charge in [0.25, 0.3) is 0 Å². The second-order valence-electron chi connectivity index (χ2n) is 5.84. The minimum absolute atomic E-state index is 0.0584. The summed E-state index contributed by atoms with van der Waals surface area (Å²) in [6.45, 7) is 11.6. The lowest BCUT2D eigenvalue weighted by Gasteiger charge is -2.40. The molecule has 1 heterocycles. The van der Waals surface area contributed by atoms with Crippen molar-refractivity contribution in [3.8, 4) is 0 Å². The van der Waals surface area contributed by atoms with Crippen LogP contribution in [0.3, 0.4) is 0 Å². The number of nitrogens with zero attached hydrogens (tertiary/aromatic N) is 2. The fourth-order valence-corrected chi connectivity index (χ4v) is 2.29. The van der Waals surface area contributed by atoms with E-state index in [1.807, 2.05) is 20.8 Å². The summed E-state index contributed by atoms with van der Waals surface area (Å²) in [6.07, 6.45) is 0. The van der Waals surface area contributed by atoms with Crippen molar-refractivity contribution in [2.75, 3.05) is 39.8 Å². The molecule has 1 aliphatic heterocycles. The molecule has 2 N–H and O–H groups in total. The van der Waals surface area contributed by atoms with E-state index in [1.165, 1.54) is 0 Å². The van der Waals surface area contributed by atoms with Crippen LogP contribution in [0.15, 0.2) is 0 Å². The smallest absolute Gasteiger partial charge is 0.244 e. The molecular formula is C14H28N4O2. The minimum atomic E-state index is -0.596. The number of hydrogen-bond acceptors (Lipinski definition) is 4. The molecule has 1 saturated heterocycles. The quantitative estimate of drug-likeness (QED) is 0.724. The highest BCUT2D eigenvalue weighted by atomic mass is 16.2. The summed E-state index contributed by atoms with van der Waals surface area (Å²) in [5.41, 5.74) is -0.596. The SMILES string of the molecule is CCN(C)C(=O)C(C)NC(=O)C(C)(C)N1CCNCC1. The largest absolute Gasteiger partial charge is 0.344 e. The van der Waals surface area contributed by atoms with E-state index >= 15 is 0 Å². The number of carbonyl (C=O) groups excluding carboxylic acids is 2. The maximum absolute atomic E-state index is 12.4. The van der Waals surface area contributed by atoms with Crippen LogP contribution in [-0.2, 0) is 9.59 Å². The molecule has 1 aliphatic rings. The van der Waals surface area contributed by atoms with Crippen LogP contribution in [0.4, 0.5) is 0 Å². The van der Waals surface area contributed by atoms with Crippen molar-refractivity contribution in [1.29, 1.82) is 0 Å². The van der Waals surface area contributed by atoms with E-state index in [-0.39, 0.29) is 11.8 Å². The molecule has 2 amide bonds. The Bertz CT molecular complexity index is 351. The summed E-state index contributed by atoms with van der Waals surface area (Å²) >= 11 is 0. The summed E-state index contributed by atoms with van der Waals surface area (Å²) in [4.78, 5) is 28.2. The van der Waals surface area contributed by atoms with Crippen molar-refractivity contribution in [3.63, 3.8) is 0 Å². The zero-order chi connectivity index (χ0) is 15.3. The molecule has 1 atom stereocenters. The van der Waals surface area contributed by atoms with Gasteiger partial charge >= 0.3 is 0 Å². The third-order valence-corrected chi connectivity index (χ3v) is 4.03. The van der Waals surface area contributed by atoms with Crippen molar-refractivity contribution in [2.24, 2.45) is 0 Å². The molecule has 0 bridgehead atoms. The molecule has 1 rings (SSSR count). The van der Waals surface area contributed by atoms with Gasteiger partial charge in [-0.25, -0.2) is 0 Å². The minimum Gasteiger partial charge on any atom is -0.344 e. The molecule has 1 fully saturated rings. The lowest BCUT2D eigenvalue weighted by atomic mass is 10.00. The van der Waals surface area contributed by atoms with E-state index in [9.17, 15) is 9.59 Å². The van der Waals surface area contributed by atoms with E-state index in [0.717, 1.165) is 26.2 Å². The van der Waals surface area contributed by atoms with Gasteiger partial charge in [-0.15, -0.1) is 0 Å². The molecule has 0 aromatic rings. The molecule has 0 radical (unpaired) electrons. The Kier molecular flexibility index (Phi) is 5.95. The molecule has 6 nitrogen and oxygen atoms in total. The van der Waals surface area contributed by atoms with Gasteiger partial charge in [-0.2, -0.15) is 0 Å². The highest BCUT2D eigenvalue weighted by Crippen LogP contribution is 2.15. The van der Waals surface area contributed by atoms with Crippen LogP contribution in [0.5, 0.6) is 0 Å². The summed E-state index contributed by atoms with van der Waals surface area (Å²) in [5, 5.41) is 6.11. The maximum Gasteiger partial charge on any atom is 0.244 e. The number of likely N-dealkylation sites (N-methyl/N-ethyl adjacent to an activating group) is 1. The first kappa shape index (κ1) is 16.9. The first-order valence-electron chi connectivity index (χ1n) is 7.32. The molecule has 20 heavy (non-hydrogen) atoms. The van der Waals surface area contributed by atoms with Gasteiger partial charge in [0.2, 0.25) is 11.8 Å². The normalized spacial score (nSPS) is 18.4. The standard InChI is InChI=1S/C14H28N4O2/c1-6-17(5)12(19)11(2)16-13(20)14(3,4)18-9-7-15-8-10-18/h11,15H,6-10H2,1-5H3,(H,16,20). The lowest BCUT2D eigenvalue weighted by Crippen LogP contribution is -2.62. The number of hydrogen-bond donors (Lipinski definition) is 2. The van der Waals surface area contributed by atoms with Gasteiger partial charge in [0.15, 0.2) is 0 Å². The Morgan fingerprint density at radius 1 is 1.35 bits per heavy atom. The van der Waals surface area contributed by atoms with Gasteiger partial charge in [-0.3, -0.25) is 14.5 Å². The second-order valence-corrected chi connectivity index (χ2v) is 5.84. The number of amides is 2. The average molecular weight is 284 g/mol. The van der Waals surface area contributed by atoms with Crippen molar-refractivity contribution < 1.29 is 9.59 Å². The van der Waals surface area contributed by atoms with E-state index in [2.05, 4.69) is 15.5 Å². The fraction of sp³-hybridized carbons (Fsp3) is 0.857. The molecule has 116 valence electrons. The van der Waals surface area contributed by atoms with Crippen molar-refractivity contribution in [3.05, 3.63) is 0 Å². The predicted octanol–water partition coefficient (Wildman–Crippen LogP) is -0.347. The molecule has 0 saturated carbocycles. The average Bonchev–Trinajstić information content (AvgIpc) is 2.46. The number of piperazine rings is 1. The van der Waals surface area contributed by atoms with Crippen LogP contribution in [-0.4, -0.2) is 73.0 Å². The van der Waals surface area contributed by atoms with Gasteiger partial charge < -0.3 is 15.5 Å².